The molecule has 0 aliphatic heterocycles. The number of nitrogen functional groups attached to an aromatic ring is 1. The van der Waals surface area contributed by atoms with Crippen molar-refractivity contribution in [2.45, 2.75) is 13.0 Å². The van der Waals surface area contributed by atoms with Crippen molar-refractivity contribution in [2.24, 2.45) is 0 Å². The monoisotopic (exact) mass is 227 g/mol. The molecule has 0 radical (unpaired) electrons. The molecule has 0 atom stereocenters. The summed E-state index contributed by atoms with van der Waals surface area (Å²) in [5.74, 6) is 0. The zero-order valence-corrected chi connectivity index (χ0v) is 9.76. The molecule has 2 aromatic rings. The molecule has 0 amide bonds. The van der Waals surface area contributed by atoms with Gasteiger partial charge in [0, 0.05) is 18.4 Å². The second-order valence-electron chi connectivity index (χ2n) is 3.99. The molecule has 2 rings (SSSR count). The van der Waals surface area contributed by atoms with Crippen molar-refractivity contribution in [3.63, 3.8) is 0 Å². The quantitative estimate of drug-likeness (QED) is 0.606. The molecule has 88 valence electrons. The van der Waals surface area contributed by atoms with Gasteiger partial charge in [-0.1, -0.05) is 18.2 Å². The number of anilines is 1. The van der Waals surface area contributed by atoms with Crippen LogP contribution in [-0.2, 0) is 13.0 Å². The Labute approximate surface area is 102 Å². The van der Waals surface area contributed by atoms with Crippen LogP contribution in [0.1, 0.15) is 11.3 Å². The highest BCUT2D eigenvalue weighted by Gasteiger charge is 1.95. The lowest BCUT2D eigenvalue weighted by atomic mass is 10.1. The fourth-order valence-electron chi connectivity index (χ4n) is 1.70. The number of hydrogen-bond donors (Lipinski definition) is 2. The lowest BCUT2D eigenvalue weighted by Crippen LogP contribution is -2.17. The number of nitrogens with two attached hydrogens (primary N) is 1. The highest BCUT2D eigenvalue weighted by molar-refractivity contribution is 5.40. The molecule has 0 aliphatic rings. The van der Waals surface area contributed by atoms with Crippen molar-refractivity contribution in [1.29, 1.82) is 0 Å². The topological polar surface area (TPSA) is 50.9 Å². The lowest BCUT2D eigenvalue weighted by Gasteiger charge is -2.05. The molecule has 3 N–H and O–H groups in total. The Morgan fingerprint density at radius 2 is 2.06 bits per heavy atom. The highest BCUT2D eigenvalue weighted by atomic mass is 14.9. The van der Waals surface area contributed by atoms with Gasteiger partial charge in [0.2, 0.25) is 0 Å². The van der Waals surface area contributed by atoms with Gasteiger partial charge in [0.15, 0.2) is 0 Å². The number of rotatable bonds is 5. The summed E-state index contributed by atoms with van der Waals surface area (Å²) in [6, 6.07) is 14.0. The maximum absolute atomic E-state index is 5.72. The van der Waals surface area contributed by atoms with Crippen molar-refractivity contribution < 1.29 is 0 Å². The second kappa shape index (κ2) is 6.01. The SMILES string of the molecule is Nc1cccc(CCNCc2ccccn2)c1. The van der Waals surface area contributed by atoms with Gasteiger partial charge in [0.25, 0.3) is 0 Å². The van der Waals surface area contributed by atoms with Crippen LogP contribution >= 0.6 is 0 Å². The average Bonchev–Trinajstić information content (AvgIpc) is 2.36. The Kier molecular flexibility index (Phi) is 4.11. The van der Waals surface area contributed by atoms with Crippen molar-refractivity contribution in [1.82, 2.24) is 10.3 Å². The first kappa shape index (κ1) is 11.6. The van der Waals surface area contributed by atoms with E-state index in [1.54, 1.807) is 0 Å². The number of hydrogen-bond acceptors (Lipinski definition) is 3. The van der Waals surface area contributed by atoms with Crippen LogP contribution in [0.15, 0.2) is 48.7 Å². The summed E-state index contributed by atoms with van der Waals surface area (Å²) in [4.78, 5) is 4.25. The number of nitrogens with zero attached hydrogens (tertiary/aromatic N) is 1. The smallest absolute Gasteiger partial charge is 0.0541 e. The van der Waals surface area contributed by atoms with Crippen LogP contribution in [0.25, 0.3) is 0 Å². The van der Waals surface area contributed by atoms with Gasteiger partial charge >= 0.3 is 0 Å². The van der Waals surface area contributed by atoms with E-state index in [2.05, 4.69) is 16.4 Å². The van der Waals surface area contributed by atoms with E-state index in [0.717, 1.165) is 30.9 Å². The zero-order chi connectivity index (χ0) is 11.9. The molecular weight excluding hydrogens is 210 g/mol. The Morgan fingerprint density at radius 3 is 2.82 bits per heavy atom. The number of nitrogens with one attached hydrogen (secondary N) is 1. The molecule has 0 aliphatic carbocycles. The predicted octanol–water partition coefficient (Wildman–Crippen LogP) is 2.00. The summed E-state index contributed by atoms with van der Waals surface area (Å²) < 4.78 is 0. The van der Waals surface area contributed by atoms with Crippen LogP contribution < -0.4 is 11.1 Å². The molecule has 17 heavy (non-hydrogen) atoms. The first-order valence-corrected chi connectivity index (χ1v) is 5.79. The third-order valence-corrected chi connectivity index (χ3v) is 2.57. The first-order valence-electron chi connectivity index (χ1n) is 5.79. The molecule has 1 heterocycles. The molecule has 0 bridgehead atoms. The van der Waals surface area contributed by atoms with Crippen LogP contribution in [-0.4, -0.2) is 11.5 Å². The van der Waals surface area contributed by atoms with E-state index in [1.807, 2.05) is 42.6 Å². The lowest BCUT2D eigenvalue weighted by molar-refractivity contribution is 0.675. The van der Waals surface area contributed by atoms with Crippen LogP contribution in [0.3, 0.4) is 0 Å². The third kappa shape index (κ3) is 3.89. The second-order valence-corrected chi connectivity index (χ2v) is 3.99. The maximum atomic E-state index is 5.72. The summed E-state index contributed by atoms with van der Waals surface area (Å²) in [6.07, 6.45) is 2.80. The van der Waals surface area contributed by atoms with Crippen molar-refractivity contribution in [2.75, 3.05) is 12.3 Å². The number of pyridine rings is 1. The van der Waals surface area contributed by atoms with Gasteiger partial charge in [-0.25, -0.2) is 0 Å². The minimum Gasteiger partial charge on any atom is -0.399 e. The summed E-state index contributed by atoms with van der Waals surface area (Å²) in [6.45, 7) is 1.74. The number of aromatic nitrogens is 1. The average molecular weight is 227 g/mol. The predicted molar refractivity (Wildman–Crippen MR) is 70.5 cm³/mol. The van der Waals surface area contributed by atoms with E-state index in [9.17, 15) is 0 Å². The standard InChI is InChI=1S/C14H17N3/c15-13-5-3-4-12(10-13)7-9-16-11-14-6-1-2-8-17-14/h1-6,8,10,16H,7,9,11,15H2. The third-order valence-electron chi connectivity index (χ3n) is 2.57. The van der Waals surface area contributed by atoms with Gasteiger partial charge in [-0.3, -0.25) is 4.98 Å². The van der Waals surface area contributed by atoms with E-state index >= 15 is 0 Å². The van der Waals surface area contributed by atoms with Gasteiger partial charge in [0.1, 0.15) is 0 Å². The minimum atomic E-state index is 0.809. The van der Waals surface area contributed by atoms with Gasteiger partial charge in [0.05, 0.1) is 5.69 Å². The fourth-order valence-corrected chi connectivity index (χ4v) is 1.70. The van der Waals surface area contributed by atoms with Crippen LogP contribution in [0.5, 0.6) is 0 Å². The van der Waals surface area contributed by atoms with Crippen molar-refractivity contribution in [3.05, 3.63) is 59.9 Å². The fraction of sp³-hybridized carbons (Fsp3) is 0.214. The Morgan fingerprint density at radius 1 is 1.12 bits per heavy atom. The van der Waals surface area contributed by atoms with Crippen LogP contribution in [0.2, 0.25) is 0 Å². The van der Waals surface area contributed by atoms with Gasteiger partial charge < -0.3 is 11.1 Å². The molecule has 0 saturated heterocycles. The molecule has 0 fully saturated rings. The van der Waals surface area contributed by atoms with Crippen molar-refractivity contribution in [3.8, 4) is 0 Å². The molecule has 0 saturated carbocycles. The molecule has 0 unspecified atom stereocenters. The Bertz CT molecular complexity index is 454. The van der Waals surface area contributed by atoms with E-state index in [1.165, 1.54) is 5.56 Å². The Hall–Kier alpha value is -1.87. The van der Waals surface area contributed by atoms with Crippen molar-refractivity contribution >= 4 is 5.69 Å². The molecule has 1 aromatic heterocycles. The number of benzene rings is 1. The zero-order valence-electron chi connectivity index (χ0n) is 9.76. The molecule has 1 aromatic carbocycles. The largest absolute Gasteiger partial charge is 0.399 e. The van der Waals surface area contributed by atoms with E-state index in [4.69, 9.17) is 5.73 Å². The van der Waals surface area contributed by atoms with E-state index in [0.29, 0.717) is 0 Å². The minimum absolute atomic E-state index is 0.809. The van der Waals surface area contributed by atoms with Crippen LogP contribution in [0, 0.1) is 0 Å². The maximum Gasteiger partial charge on any atom is 0.0541 e. The summed E-state index contributed by atoms with van der Waals surface area (Å²) in [5.41, 5.74) is 8.88. The highest BCUT2D eigenvalue weighted by Crippen LogP contribution is 2.06. The Balaban J connectivity index is 1.73. The van der Waals surface area contributed by atoms with E-state index < -0.39 is 0 Å². The molecule has 3 nitrogen and oxygen atoms in total. The van der Waals surface area contributed by atoms with Gasteiger partial charge in [-0.05, 0) is 42.8 Å². The molecule has 0 spiro atoms. The van der Waals surface area contributed by atoms with Crippen LogP contribution in [0.4, 0.5) is 5.69 Å². The summed E-state index contributed by atoms with van der Waals surface area (Å²) in [7, 11) is 0. The van der Waals surface area contributed by atoms with Gasteiger partial charge in [-0.15, -0.1) is 0 Å². The molecular formula is C14H17N3. The molecule has 3 heteroatoms. The van der Waals surface area contributed by atoms with Gasteiger partial charge in [-0.2, -0.15) is 0 Å². The first-order chi connectivity index (χ1) is 8.34. The summed E-state index contributed by atoms with van der Waals surface area (Å²) >= 11 is 0. The van der Waals surface area contributed by atoms with E-state index in [-0.39, 0.29) is 0 Å². The normalized spacial score (nSPS) is 10.4. The summed E-state index contributed by atoms with van der Waals surface area (Å²) in [5, 5.41) is 3.37.